The molecule has 2 rings (SSSR count). The molecule has 1 atom stereocenters. The van der Waals surface area contributed by atoms with Gasteiger partial charge in [0, 0.05) is 33.3 Å². The normalized spacial score (nSPS) is 16.8. The average Bonchev–Trinajstić information content (AvgIpc) is 2.55. The van der Waals surface area contributed by atoms with E-state index in [1.165, 1.54) is 12.0 Å². The molecule has 1 saturated heterocycles. The fourth-order valence-electron chi connectivity index (χ4n) is 2.63. The molecular formula is C16H19F3N2O3. The maximum absolute atomic E-state index is 12.6. The van der Waals surface area contributed by atoms with Gasteiger partial charge in [-0.2, -0.15) is 13.2 Å². The van der Waals surface area contributed by atoms with E-state index in [0.29, 0.717) is 5.56 Å². The number of carbonyl (C=O) groups excluding carboxylic acids is 2. The molecule has 0 saturated carbocycles. The van der Waals surface area contributed by atoms with Crippen molar-refractivity contribution in [2.45, 2.75) is 18.7 Å². The van der Waals surface area contributed by atoms with Crippen LogP contribution in [0.2, 0.25) is 0 Å². The van der Waals surface area contributed by atoms with E-state index in [9.17, 15) is 22.8 Å². The number of rotatable bonds is 4. The second kappa shape index (κ2) is 7.65. The zero-order valence-corrected chi connectivity index (χ0v) is 13.3. The molecule has 0 unspecified atom stereocenters. The van der Waals surface area contributed by atoms with Gasteiger partial charge in [0.15, 0.2) is 6.10 Å². The first-order chi connectivity index (χ1) is 11.3. The van der Waals surface area contributed by atoms with E-state index in [2.05, 4.69) is 0 Å². The van der Waals surface area contributed by atoms with Crippen LogP contribution in [0.15, 0.2) is 30.3 Å². The predicted molar refractivity (Wildman–Crippen MR) is 80.0 cm³/mol. The van der Waals surface area contributed by atoms with Gasteiger partial charge in [-0.25, -0.2) is 0 Å². The minimum Gasteiger partial charge on any atom is -0.367 e. The third-order valence-corrected chi connectivity index (χ3v) is 3.86. The molecular weight excluding hydrogens is 325 g/mol. The maximum Gasteiger partial charge on any atom is 0.397 e. The summed E-state index contributed by atoms with van der Waals surface area (Å²) in [6, 6.07) is 8.96. The van der Waals surface area contributed by atoms with Gasteiger partial charge < -0.3 is 14.5 Å². The van der Waals surface area contributed by atoms with Crippen molar-refractivity contribution in [2.75, 3.05) is 33.3 Å². The van der Waals surface area contributed by atoms with Crippen molar-refractivity contribution in [3.05, 3.63) is 35.9 Å². The lowest BCUT2D eigenvalue weighted by molar-refractivity contribution is -0.164. The van der Waals surface area contributed by atoms with Crippen LogP contribution in [0.1, 0.15) is 18.1 Å². The molecule has 5 nitrogen and oxygen atoms in total. The van der Waals surface area contributed by atoms with Crippen molar-refractivity contribution in [1.82, 2.24) is 9.80 Å². The maximum atomic E-state index is 12.6. The number of benzene rings is 1. The predicted octanol–water partition coefficient (Wildman–Crippen LogP) is 2.00. The summed E-state index contributed by atoms with van der Waals surface area (Å²) >= 11 is 0. The fraction of sp³-hybridized carbons (Fsp3) is 0.500. The summed E-state index contributed by atoms with van der Waals surface area (Å²) in [5.74, 6) is -1.22. The summed E-state index contributed by atoms with van der Waals surface area (Å²) in [5.41, 5.74) is 0.709. The number of amides is 2. The minimum atomic E-state index is -4.52. The molecule has 0 aliphatic carbocycles. The Bertz CT molecular complexity index is 570. The van der Waals surface area contributed by atoms with E-state index in [1.54, 1.807) is 24.3 Å². The van der Waals surface area contributed by atoms with E-state index in [1.807, 2.05) is 6.07 Å². The molecule has 24 heavy (non-hydrogen) atoms. The largest absolute Gasteiger partial charge is 0.397 e. The van der Waals surface area contributed by atoms with Gasteiger partial charge in [-0.1, -0.05) is 30.3 Å². The molecule has 1 aromatic carbocycles. The van der Waals surface area contributed by atoms with E-state index < -0.39 is 24.6 Å². The van der Waals surface area contributed by atoms with E-state index in [-0.39, 0.29) is 32.1 Å². The van der Waals surface area contributed by atoms with Gasteiger partial charge in [-0.05, 0) is 5.56 Å². The van der Waals surface area contributed by atoms with Gasteiger partial charge in [-0.15, -0.1) is 0 Å². The fourth-order valence-corrected chi connectivity index (χ4v) is 2.63. The zero-order valence-electron chi connectivity index (χ0n) is 13.3. The second-order valence-electron chi connectivity index (χ2n) is 5.52. The van der Waals surface area contributed by atoms with Crippen molar-refractivity contribution >= 4 is 11.8 Å². The third kappa shape index (κ3) is 4.70. The van der Waals surface area contributed by atoms with E-state index in [0.717, 1.165) is 4.90 Å². The molecule has 1 aliphatic heterocycles. The highest BCUT2D eigenvalue weighted by atomic mass is 19.4. The topological polar surface area (TPSA) is 49.9 Å². The quantitative estimate of drug-likeness (QED) is 0.839. The first-order valence-electron chi connectivity index (χ1n) is 7.53. The number of methoxy groups -OCH3 is 1. The molecule has 0 bridgehead atoms. The van der Waals surface area contributed by atoms with Gasteiger partial charge in [0.25, 0.3) is 5.91 Å². The molecule has 132 valence electrons. The molecule has 2 amide bonds. The van der Waals surface area contributed by atoms with Crippen LogP contribution in [0.4, 0.5) is 13.2 Å². The molecule has 8 heteroatoms. The zero-order chi connectivity index (χ0) is 17.7. The Balaban J connectivity index is 1.94. The Morgan fingerprint density at radius 2 is 1.62 bits per heavy atom. The van der Waals surface area contributed by atoms with Crippen molar-refractivity contribution in [1.29, 1.82) is 0 Å². The third-order valence-electron chi connectivity index (χ3n) is 3.86. The van der Waals surface area contributed by atoms with Crippen LogP contribution in [0.5, 0.6) is 0 Å². The molecule has 1 fully saturated rings. The highest BCUT2D eigenvalue weighted by molar-refractivity contribution is 5.83. The second-order valence-corrected chi connectivity index (χ2v) is 5.52. The SMILES string of the molecule is CO[C@@H](C(=O)N1CCN(C(=O)CC(F)(F)F)CC1)c1ccccc1. The summed E-state index contributed by atoms with van der Waals surface area (Å²) in [7, 11) is 1.43. The van der Waals surface area contributed by atoms with Crippen LogP contribution in [0.3, 0.4) is 0 Å². The number of piperazine rings is 1. The first kappa shape index (κ1) is 18.3. The Labute approximate surface area is 138 Å². The van der Waals surface area contributed by atoms with Crippen LogP contribution in [-0.4, -0.2) is 61.1 Å². The number of halogens is 3. The summed E-state index contributed by atoms with van der Waals surface area (Å²) in [6.45, 7) is 0.558. The van der Waals surface area contributed by atoms with Crippen molar-refractivity contribution in [3.8, 4) is 0 Å². The standard InChI is InChI=1S/C16H19F3N2O3/c1-24-14(12-5-3-2-4-6-12)15(23)21-9-7-20(8-10-21)13(22)11-16(17,18)19/h2-6,14H,7-11H2,1H3/t14-/m1/s1. The lowest BCUT2D eigenvalue weighted by Crippen LogP contribution is -2.52. The van der Waals surface area contributed by atoms with Gasteiger partial charge in [-0.3, -0.25) is 9.59 Å². The van der Waals surface area contributed by atoms with Crippen LogP contribution >= 0.6 is 0 Å². The van der Waals surface area contributed by atoms with Crippen molar-refractivity contribution < 1.29 is 27.5 Å². The first-order valence-corrected chi connectivity index (χ1v) is 7.53. The van der Waals surface area contributed by atoms with Crippen LogP contribution in [-0.2, 0) is 14.3 Å². The van der Waals surface area contributed by atoms with Crippen LogP contribution in [0, 0.1) is 0 Å². The van der Waals surface area contributed by atoms with E-state index >= 15 is 0 Å². The van der Waals surface area contributed by atoms with Gasteiger partial charge in [0.05, 0.1) is 0 Å². The number of carbonyl (C=O) groups is 2. The molecule has 1 aliphatic rings. The lowest BCUT2D eigenvalue weighted by Gasteiger charge is -2.36. The van der Waals surface area contributed by atoms with Gasteiger partial charge in [0.1, 0.15) is 6.42 Å². The molecule has 1 heterocycles. The molecule has 1 aromatic rings. The van der Waals surface area contributed by atoms with E-state index in [4.69, 9.17) is 4.74 Å². The Kier molecular flexibility index (Phi) is 5.82. The van der Waals surface area contributed by atoms with Crippen LogP contribution in [0.25, 0.3) is 0 Å². The average molecular weight is 344 g/mol. The van der Waals surface area contributed by atoms with Crippen LogP contribution < -0.4 is 0 Å². The molecule has 0 spiro atoms. The van der Waals surface area contributed by atoms with Crippen molar-refractivity contribution in [3.63, 3.8) is 0 Å². The summed E-state index contributed by atoms with van der Waals surface area (Å²) in [6.07, 6.45) is -6.74. The summed E-state index contributed by atoms with van der Waals surface area (Å²) < 4.78 is 42.1. The minimum absolute atomic E-state index is 0.0892. The Morgan fingerprint density at radius 1 is 1.08 bits per heavy atom. The number of hydrogen-bond donors (Lipinski definition) is 0. The number of hydrogen-bond acceptors (Lipinski definition) is 3. The Hall–Kier alpha value is -2.09. The number of nitrogens with zero attached hydrogens (tertiary/aromatic N) is 2. The summed E-state index contributed by atoms with van der Waals surface area (Å²) in [5, 5.41) is 0. The highest BCUT2D eigenvalue weighted by Crippen LogP contribution is 2.23. The number of alkyl halides is 3. The van der Waals surface area contributed by atoms with Gasteiger partial charge in [0.2, 0.25) is 5.91 Å². The highest BCUT2D eigenvalue weighted by Gasteiger charge is 2.35. The lowest BCUT2D eigenvalue weighted by atomic mass is 10.1. The molecule has 0 N–H and O–H groups in total. The summed E-state index contributed by atoms with van der Waals surface area (Å²) in [4.78, 5) is 26.8. The smallest absolute Gasteiger partial charge is 0.367 e. The van der Waals surface area contributed by atoms with Crippen molar-refractivity contribution in [2.24, 2.45) is 0 Å². The molecule has 0 radical (unpaired) electrons. The number of ether oxygens (including phenoxy) is 1. The van der Waals surface area contributed by atoms with Gasteiger partial charge >= 0.3 is 6.18 Å². The molecule has 0 aromatic heterocycles. The Morgan fingerprint density at radius 3 is 2.12 bits per heavy atom. The monoisotopic (exact) mass is 344 g/mol.